The van der Waals surface area contributed by atoms with Gasteiger partial charge in [-0.05, 0) is 54.1 Å². The van der Waals surface area contributed by atoms with Crippen molar-refractivity contribution in [2.24, 2.45) is 17.8 Å². The highest BCUT2D eigenvalue weighted by Gasteiger charge is 2.39. The van der Waals surface area contributed by atoms with E-state index in [9.17, 15) is 0 Å². The summed E-state index contributed by atoms with van der Waals surface area (Å²) >= 11 is 0. The number of hydrogen-bond acceptors (Lipinski definition) is 1. The summed E-state index contributed by atoms with van der Waals surface area (Å²) in [5, 5.41) is 0. The van der Waals surface area contributed by atoms with E-state index in [1.54, 1.807) is 0 Å². The standard InChI is InChI=1S/C18H26O/c1-18(2,3)16-6-4-5-7-17(16)19-12-15-11-13-8-9-14(15)10-13/h4-7,13-15H,8-12H2,1-3H3. The van der Waals surface area contributed by atoms with Crippen LogP contribution < -0.4 is 4.74 Å². The molecule has 2 bridgehead atoms. The Morgan fingerprint density at radius 3 is 2.53 bits per heavy atom. The number of hydrogen-bond donors (Lipinski definition) is 0. The second-order valence-corrected chi connectivity index (χ2v) is 7.49. The van der Waals surface area contributed by atoms with Crippen molar-refractivity contribution in [1.82, 2.24) is 0 Å². The summed E-state index contributed by atoms with van der Waals surface area (Å²) in [6, 6.07) is 8.54. The topological polar surface area (TPSA) is 9.23 Å². The third kappa shape index (κ3) is 2.66. The van der Waals surface area contributed by atoms with Gasteiger partial charge in [0.05, 0.1) is 6.61 Å². The maximum atomic E-state index is 6.20. The maximum absolute atomic E-state index is 6.20. The summed E-state index contributed by atoms with van der Waals surface area (Å²) in [6.45, 7) is 7.69. The quantitative estimate of drug-likeness (QED) is 0.756. The molecule has 0 spiro atoms. The third-order valence-electron chi connectivity index (χ3n) is 5.03. The van der Waals surface area contributed by atoms with Gasteiger partial charge in [0.25, 0.3) is 0 Å². The smallest absolute Gasteiger partial charge is 0.123 e. The molecule has 0 aliphatic heterocycles. The van der Waals surface area contributed by atoms with Crippen molar-refractivity contribution in [1.29, 1.82) is 0 Å². The first-order chi connectivity index (χ1) is 9.04. The molecule has 2 aliphatic rings. The lowest BCUT2D eigenvalue weighted by Crippen LogP contribution is -2.20. The number of fused-ring (bicyclic) bond motifs is 2. The summed E-state index contributed by atoms with van der Waals surface area (Å²) in [5.74, 6) is 3.87. The molecule has 0 radical (unpaired) electrons. The molecule has 1 aromatic carbocycles. The van der Waals surface area contributed by atoms with Crippen molar-refractivity contribution < 1.29 is 4.74 Å². The molecule has 0 aromatic heterocycles. The van der Waals surface area contributed by atoms with E-state index in [0.717, 1.165) is 30.1 Å². The average molecular weight is 258 g/mol. The summed E-state index contributed by atoms with van der Waals surface area (Å²) in [6.07, 6.45) is 5.79. The Kier molecular flexibility index (Phi) is 3.32. The van der Waals surface area contributed by atoms with Crippen molar-refractivity contribution in [2.75, 3.05) is 6.61 Å². The fourth-order valence-electron chi connectivity index (χ4n) is 3.99. The molecule has 1 heteroatoms. The van der Waals surface area contributed by atoms with Gasteiger partial charge in [0.1, 0.15) is 5.75 Å². The van der Waals surface area contributed by atoms with Crippen LogP contribution in [0.5, 0.6) is 5.75 Å². The monoisotopic (exact) mass is 258 g/mol. The van der Waals surface area contributed by atoms with Gasteiger partial charge in [0.2, 0.25) is 0 Å². The highest BCUT2D eigenvalue weighted by atomic mass is 16.5. The molecule has 3 unspecified atom stereocenters. The van der Waals surface area contributed by atoms with Gasteiger partial charge in [-0.3, -0.25) is 0 Å². The van der Waals surface area contributed by atoms with E-state index in [0.29, 0.717) is 0 Å². The summed E-state index contributed by atoms with van der Waals surface area (Å²) in [5.41, 5.74) is 1.49. The van der Waals surface area contributed by atoms with E-state index in [1.807, 2.05) is 0 Å². The van der Waals surface area contributed by atoms with Gasteiger partial charge >= 0.3 is 0 Å². The fourth-order valence-corrected chi connectivity index (χ4v) is 3.99. The first kappa shape index (κ1) is 13.0. The summed E-state index contributed by atoms with van der Waals surface area (Å²) in [4.78, 5) is 0. The molecule has 0 amide bonds. The molecule has 104 valence electrons. The Balaban J connectivity index is 1.67. The lowest BCUT2D eigenvalue weighted by molar-refractivity contribution is 0.192. The van der Waals surface area contributed by atoms with Crippen molar-refractivity contribution in [3.63, 3.8) is 0 Å². The Bertz CT molecular complexity index is 443. The lowest BCUT2D eigenvalue weighted by Gasteiger charge is -2.26. The van der Waals surface area contributed by atoms with Gasteiger partial charge in [-0.15, -0.1) is 0 Å². The van der Waals surface area contributed by atoms with Crippen LogP contribution in [-0.4, -0.2) is 6.61 Å². The van der Waals surface area contributed by atoms with Gasteiger partial charge in [-0.25, -0.2) is 0 Å². The molecule has 19 heavy (non-hydrogen) atoms. The third-order valence-corrected chi connectivity index (χ3v) is 5.03. The first-order valence-corrected chi connectivity index (χ1v) is 7.76. The number of para-hydroxylation sites is 1. The van der Waals surface area contributed by atoms with E-state index < -0.39 is 0 Å². The number of benzene rings is 1. The number of rotatable bonds is 3. The Hall–Kier alpha value is -0.980. The van der Waals surface area contributed by atoms with Gasteiger partial charge in [0, 0.05) is 0 Å². The zero-order valence-electron chi connectivity index (χ0n) is 12.5. The van der Waals surface area contributed by atoms with Gasteiger partial charge in [0.15, 0.2) is 0 Å². The van der Waals surface area contributed by atoms with Crippen molar-refractivity contribution in [3.8, 4) is 5.75 Å². The van der Waals surface area contributed by atoms with Gasteiger partial charge in [-0.1, -0.05) is 45.4 Å². The highest BCUT2D eigenvalue weighted by Crippen LogP contribution is 2.48. The molecule has 0 saturated heterocycles. The van der Waals surface area contributed by atoms with Crippen LogP contribution >= 0.6 is 0 Å². The molecule has 0 heterocycles. The summed E-state index contributed by atoms with van der Waals surface area (Å²) in [7, 11) is 0. The van der Waals surface area contributed by atoms with Crippen molar-refractivity contribution >= 4 is 0 Å². The predicted molar refractivity (Wildman–Crippen MR) is 79.6 cm³/mol. The normalized spacial score (nSPS) is 29.7. The molecular weight excluding hydrogens is 232 g/mol. The zero-order valence-corrected chi connectivity index (χ0v) is 12.5. The second-order valence-electron chi connectivity index (χ2n) is 7.49. The van der Waals surface area contributed by atoms with Crippen LogP contribution in [-0.2, 0) is 5.41 Å². The second kappa shape index (κ2) is 4.85. The fraction of sp³-hybridized carbons (Fsp3) is 0.667. The molecule has 2 saturated carbocycles. The van der Waals surface area contributed by atoms with Crippen LogP contribution in [0.15, 0.2) is 24.3 Å². The van der Waals surface area contributed by atoms with Crippen molar-refractivity contribution in [3.05, 3.63) is 29.8 Å². The minimum Gasteiger partial charge on any atom is -0.493 e. The minimum atomic E-state index is 0.158. The van der Waals surface area contributed by atoms with E-state index in [4.69, 9.17) is 4.74 Å². The SMILES string of the molecule is CC(C)(C)c1ccccc1OCC1CC2CCC1C2. The summed E-state index contributed by atoms with van der Waals surface area (Å²) < 4.78 is 6.20. The molecule has 0 N–H and O–H groups in total. The van der Waals surface area contributed by atoms with Crippen LogP contribution in [0.1, 0.15) is 52.0 Å². The molecule has 2 aliphatic carbocycles. The molecule has 1 nitrogen and oxygen atoms in total. The number of ether oxygens (including phenoxy) is 1. The molecule has 3 atom stereocenters. The lowest BCUT2D eigenvalue weighted by atomic mass is 9.86. The first-order valence-electron chi connectivity index (χ1n) is 7.76. The molecule has 2 fully saturated rings. The van der Waals surface area contributed by atoms with Crippen molar-refractivity contribution in [2.45, 2.75) is 51.9 Å². The highest BCUT2D eigenvalue weighted by molar-refractivity contribution is 5.38. The largest absolute Gasteiger partial charge is 0.493 e. The van der Waals surface area contributed by atoms with Crippen LogP contribution in [0.3, 0.4) is 0 Å². The minimum absolute atomic E-state index is 0.158. The van der Waals surface area contributed by atoms with Gasteiger partial charge < -0.3 is 4.74 Å². The van der Waals surface area contributed by atoms with Crippen LogP contribution in [0.4, 0.5) is 0 Å². The maximum Gasteiger partial charge on any atom is 0.123 e. The Morgan fingerprint density at radius 1 is 1.11 bits per heavy atom. The van der Waals surface area contributed by atoms with Crippen LogP contribution in [0.25, 0.3) is 0 Å². The van der Waals surface area contributed by atoms with Gasteiger partial charge in [-0.2, -0.15) is 0 Å². The van der Waals surface area contributed by atoms with E-state index in [1.165, 1.54) is 31.2 Å². The van der Waals surface area contributed by atoms with E-state index in [2.05, 4.69) is 45.0 Å². The van der Waals surface area contributed by atoms with Crippen LogP contribution in [0, 0.1) is 17.8 Å². The average Bonchev–Trinajstić information content (AvgIpc) is 2.97. The Labute approximate surface area is 117 Å². The molecule has 1 aromatic rings. The molecular formula is C18H26O. The predicted octanol–water partition coefficient (Wildman–Crippen LogP) is 4.80. The molecule has 3 rings (SSSR count). The van der Waals surface area contributed by atoms with E-state index in [-0.39, 0.29) is 5.41 Å². The zero-order chi connectivity index (χ0) is 13.5. The Morgan fingerprint density at radius 2 is 1.89 bits per heavy atom. The van der Waals surface area contributed by atoms with Crippen LogP contribution in [0.2, 0.25) is 0 Å². The van der Waals surface area contributed by atoms with E-state index >= 15 is 0 Å².